The second-order valence-corrected chi connectivity index (χ2v) is 4.78. The number of ether oxygens (including phenoxy) is 1. The normalized spacial score (nSPS) is 10.7. The summed E-state index contributed by atoms with van der Waals surface area (Å²) in [5, 5.41) is 3.07. The minimum Gasteiger partial charge on any atom is -0.486 e. The topological polar surface area (TPSA) is 78.4 Å². The van der Waals surface area contributed by atoms with Crippen molar-refractivity contribution in [2.75, 3.05) is 5.73 Å². The summed E-state index contributed by atoms with van der Waals surface area (Å²) in [5.74, 6) is 0.485. The van der Waals surface area contributed by atoms with Crippen LogP contribution in [0.2, 0.25) is 0 Å². The van der Waals surface area contributed by atoms with Crippen LogP contribution in [-0.4, -0.2) is 4.98 Å². The molecule has 2 N–H and O–H groups in total. The van der Waals surface area contributed by atoms with E-state index < -0.39 is 5.63 Å². The van der Waals surface area contributed by atoms with E-state index in [1.165, 1.54) is 17.4 Å². The summed E-state index contributed by atoms with van der Waals surface area (Å²) in [6.45, 7) is 0.265. The average Bonchev–Trinajstić information content (AvgIpc) is 2.81. The van der Waals surface area contributed by atoms with E-state index in [2.05, 4.69) is 4.98 Å². The highest BCUT2D eigenvalue weighted by atomic mass is 32.1. The molecule has 0 unspecified atom stereocenters. The van der Waals surface area contributed by atoms with Crippen molar-refractivity contribution in [3.05, 3.63) is 51.8 Å². The van der Waals surface area contributed by atoms with Crippen molar-refractivity contribution in [3.8, 4) is 5.75 Å². The Morgan fingerprint density at radius 1 is 1.37 bits per heavy atom. The van der Waals surface area contributed by atoms with Crippen molar-refractivity contribution in [3.63, 3.8) is 0 Å². The minimum atomic E-state index is -0.438. The fourth-order valence-corrected chi connectivity index (χ4v) is 2.29. The van der Waals surface area contributed by atoms with Crippen LogP contribution in [0.15, 0.2) is 44.9 Å². The largest absolute Gasteiger partial charge is 0.486 e. The van der Waals surface area contributed by atoms with E-state index in [9.17, 15) is 4.79 Å². The Bertz CT molecular complexity index is 779. The number of benzene rings is 1. The van der Waals surface area contributed by atoms with Crippen LogP contribution in [0.25, 0.3) is 11.0 Å². The highest BCUT2D eigenvalue weighted by molar-refractivity contribution is 7.13. The molecule has 19 heavy (non-hydrogen) atoms. The molecule has 0 aliphatic heterocycles. The molecule has 5 nitrogen and oxygen atoms in total. The van der Waals surface area contributed by atoms with Gasteiger partial charge in [-0.15, -0.1) is 11.3 Å². The van der Waals surface area contributed by atoms with Crippen LogP contribution in [0, 0.1) is 0 Å². The van der Waals surface area contributed by atoms with Gasteiger partial charge in [0.15, 0.2) is 5.13 Å². The molecule has 0 amide bonds. The highest BCUT2D eigenvalue weighted by Crippen LogP contribution is 2.24. The molecule has 0 saturated carbocycles. The van der Waals surface area contributed by atoms with Crippen molar-refractivity contribution in [2.24, 2.45) is 0 Å². The van der Waals surface area contributed by atoms with Gasteiger partial charge in [-0.05, 0) is 12.1 Å². The van der Waals surface area contributed by atoms with Crippen molar-refractivity contribution in [1.82, 2.24) is 4.98 Å². The molecule has 0 radical (unpaired) electrons. The third-order valence-corrected chi connectivity index (χ3v) is 3.28. The maximum Gasteiger partial charge on any atom is 0.339 e. The number of hydrogen-bond donors (Lipinski definition) is 1. The smallest absolute Gasteiger partial charge is 0.339 e. The average molecular weight is 274 g/mol. The summed E-state index contributed by atoms with van der Waals surface area (Å²) < 4.78 is 10.7. The van der Waals surface area contributed by atoms with Crippen molar-refractivity contribution in [1.29, 1.82) is 0 Å². The van der Waals surface area contributed by atoms with Gasteiger partial charge in [-0.3, -0.25) is 0 Å². The predicted molar refractivity (Wildman–Crippen MR) is 73.3 cm³/mol. The molecule has 6 heteroatoms. The molecule has 0 aliphatic rings. The van der Waals surface area contributed by atoms with Gasteiger partial charge < -0.3 is 14.9 Å². The summed E-state index contributed by atoms with van der Waals surface area (Å²) in [5.41, 5.74) is 6.35. The van der Waals surface area contributed by atoms with Crippen molar-refractivity contribution < 1.29 is 9.15 Å². The van der Waals surface area contributed by atoms with Crippen molar-refractivity contribution in [2.45, 2.75) is 6.61 Å². The zero-order valence-corrected chi connectivity index (χ0v) is 10.6. The van der Waals surface area contributed by atoms with Crippen LogP contribution in [0.4, 0.5) is 5.13 Å². The van der Waals surface area contributed by atoms with Gasteiger partial charge in [0.1, 0.15) is 17.9 Å². The first kappa shape index (κ1) is 11.7. The molecule has 0 saturated heterocycles. The van der Waals surface area contributed by atoms with Gasteiger partial charge in [-0.1, -0.05) is 12.1 Å². The molecule has 0 aliphatic carbocycles. The predicted octanol–water partition coefficient (Wildman–Crippen LogP) is 2.41. The Labute approximate surface area is 112 Å². The molecular formula is C13H10N2O3S. The van der Waals surface area contributed by atoms with Gasteiger partial charge in [0.25, 0.3) is 0 Å². The first-order valence-corrected chi connectivity index (χ1v) is 6.46. The molecule has 3 aromatic rings. The lowest BCUT2D eigenvalue weighted by Crippen LogP contribution is -2.02. The Morgan fingerprint density at radius 2 is 2.21 bits per heavy atom. The maximum absolute atomic E-state index is 11.4. The monoisotopic (exact) mass is 274 g/mol. The summed E-state index contributed by atoms with van der Waals surface area (Å²) >= 11 is 1.35. The number of hydrogen-bond acceptors (Lipinski definition) is 6. The van der Waals surface area contributed by atoms with Crippen LogP contribution >= 0.6 is 11.3 Å². The number of nitrogens with two attached hydrogens (primary N) is 1. The van der Waals surface area contributed by atoms with E-state index in [-0.39, 0.29) is 6.61 Å². The van der Waals surface area contributed by atoms with E-state index in [0.29, 0.717) is 16.5 Å². The van der Waals surface area contributed by atoms with Gasteiger partial charge in [-0.2, -0.15) is 0 Å². The Hall–Kier alpha value is -2.34. The number of para-hydroxylation sites is 1. The summed E-state index contributed by atoms with van der Waals surface area (Å²) in [4.78, 5) is 15.5. The minimum absolute atomic E-state index is 0.265. The zero-order valence-electron chi connectivity index (χ0n) is 9.83. The standard InChI is InChI=1S/C13H10N2O3S/c14-13-15-8(7-19-13)6-17-11-5-12(16)18-10-4-2-1-3-9(10)11/h1-5,7H,6H2,(H2,14,15). The lowest BCUT2D eigenvalue weighted by atomic mass is 10.2. The first-order chi connectivity index (χ1) is 9.22. The van der Waals surface area contributed by atoms with Crippen LogP contribution in [0.5, 0.6) is 5.75 Å². The number of fused-ring (bicyclic) bond motifs is 1. The maximum atomic E-state index is 11.4. The number of thiazole rings is 1. The molecule has 96 valence electrons. The third-order valence-electron chi connectivity index (χ3n) is 2.56. The van der Waals surface area contributed by atoms with Crippen LogP contribution in [0.1, 0.15) is 5.69 Å². The molecule has 0 fully saturated rings. The lowest BCUT2D eigenvalue weighted by Gasteiger charge is -2.06. The number of aromatic nitrogens is 1. The molecule has 0 spiro atoms. The van der Waals surface area contributed by atoms with Gasteiger partial charge in [0, 0.05) is 5.38 Å². The molecule has 2 aromatic heterocycles. The van der Waals surface area contributed by atoms with E-state index in [0.717, 1.165) is 11.1 Å². The molecule has 0 atom stereocenters. The molecular weight excluding hydrogens is 264 g/mol. The lowest BCUT2D eigenvalue weighted by molar-refractivity contribution is 0.303. The molecule has 0 bridgehead atoms. The van der Waals surface area contributed by atoms with E-state index >= 15 is 0 Å². The summed E-state index contributed by atoms with van der Waals surface area (Å²) in [6.07, 6.45) is 0. The van der Waals surface area contributed by atoms with Crippen LogP contribution in [0.3, 0.4) is 0 Å². The zero-order chi connectivity index (χ0) is 13.2. The van der Waals surface area contributed by atoms with Crippen LogP contribution < -0.4 is 16.1 Å². The van der Waals surface area contributed by atoms with Gasteiger partial charge in [0.05, 0.1) is 17.1 Å². The second-order valence-electron chi connectivity index (χ2n) is 3.89. The number of nitrogens with zero attached hydrogens (tertiary/aromatic N) is 1. The number of rotatable bonds is 3. The molecule has 2 heterocycles. The van der Waals surface area contributed by atoms with E-state index in [1.54, 1.807) is 12.1 Å². The highest BCUT2D eigenvalue weighted by Gasteiger charge is 2.07. The summed E-state index contributed by atoms with van der Waals surface area (Å²) in [7, 11) is 0. The first-order valence-electron chi connectivity index (χ1n) is 5.58. The molecule has 1 aromatic carbocycles. The van der Waals surface area contributed by atoms with E-state index in [1.807, 2.05) is 17.5 Å². The van der Waals surface area contributed by atoms with Gasteiger partial charge >= 0.3 is 5.63 Å². The Kier molecular flexibility index (Phi) is 2.92. The van der Waals surface area contributed by atoms with Crippen molar-refractivity contribution >= 4 is 27.4 Å². The van der Waals surface area contributed by atoms with Crippen LogP contribution in [-0.2, 0) is 6.61 Å². The van der Waals surface area contributed by atoms with Gasteiger partial charge in [-0.25, -0.2) is 9.78 Å². The quantitative estimate of drug-likeness (QED) is 0.742. The fourth-order valence-electron chi connectivity index (χ4n) is 1.74. The fraction of sp³-hybridized carbons (Fsp3) is 0.0769. The number of anilines is 1. The Balaban J connectivity index is 1.94. The third kappa shape index (κ3) is 2.43. The van der Waals surface area contributed by atoms with E-state index in [4.69, 9.17) is 14.9 Å². The number of nitrogen functional groups attached to an aromatic ring is 1. The SMILES string of the molecule is Nc1nc(COc2cc(=O)oc3ccccc23)cs1. The Morgan fingerprint density at radius 3 is 3.00 bits per heavy atom. The molecule has 3 rings (SSSR count). The summed E-state index contributed by atoms with van der Waals surface area (Å²) in [6, 6.07) is 8.55. The second kappa shape index (κ2) is 4.74. The van der Waals surface area contributed by atoms with Gasteiger partial charge in [0.2, 0.25) is 0 Å².